The summed E-state index contributed by atoms with van der Waals surface area (Å²) in [6, 6.07) is 1.48. The van der Waals surface area contributed by atoms with Gasteiger partial charge in [0.1, 0.15) is 0 Å². The largest absolute Gasteiger partial charge is 0.492 e. The standard InChI is InChI=1S/C10H4F5NO5S/c11-5-6(12)8(14)10(9(15)7(5)13)22(19,20)21-16-3(17)1-2-4(16)18/h1-2,17-18H. The average molecular weight is 345 g/mol. The molecule has 2 aromatic rings. The van der Waals surface area contributed by atoms with Crippen molar-refractivity contribution >= 4 is 10.1 Å². The molecule has 6 nitrogen and oxygen atoms in total. The van der Waals surface area contributed by atoms with Crippen molar-refractivity contribution in [1.82, 2.24) is 4.73 Å². The normalized spacial score (nSPS) is 11.7. The maximum absolute atomic E-state index is 13.4. The van der Waals surface area contributed by atoms with Gasteiger partial charge in [0.15, 0.2) is 28.2 Å². The minimum Gasteiger partial charge on any atom is -0.492 e. The molecule has 2 rings (SSSR count). The second-order valence-corrected chi connectivity index (χ2v) is 5.24. The van der Waals surface area contributed by atoms with E-state index in [1.807, 2.05) is 0 Å². The Morgan fingerprint density at radius 2 is 1.18 bits per heavy atom. The summed E-state index contributed by atoms with van der Waals surface area (Å²) in [7, 11) is -5.61. The first-order chi connectivity index (χ1) is 10.1. The lowest BCUT2D eigenvalue weighted by atomic mass is 10.3. The summed E-state index contributed by atoms with van der Waals surface area (Å²) in [5.41, 5.74) is 0. The van der Waals surface area contributed by atoms with Crippen molar-refractivity contribution in [2.24, 2.45) is 0 Å². The summed E-state index contributed by atoms with van der Waals surface area (Å²) in [6.07, 6.45) is 0. The van der Waals surface area contributed by atoms with Gasteiger partial charge >= 0.3 is 10.1 Å². The van der Waals surface area contributed by atoms with Crippen LogP contribution in [0.1, 0.15) is 0 Å². The van der Waals surface area contributed by atoms with E-state index in [0.717, 1.165) is 12.1 Å². The highest BCUT2D eigenvalue weighted by atomic mass is 32.2. The van der Waals surface area contributed by atoms with Crippen molar-refractivity contribution < 1.29 is 44.9 Å². The fourth-order valence-corrected chi connectivity index (χ4v) is 2.46. The molecule has 0 radical (unpaired) electrons. The van der Waals surface area contributed by atoms with E-state index in [1.165, 1.54) is 0 Å². The number of aromatic nitrogens is 1. The SMILES string of the molecule is O=S(=O)(On1c(O)ccc1O)c1c(F)c(F)c(F)c(F)c1F. The van der Waals surface area contributed by atoms with E-state index in [1.54, 1.807) is 0 Å². The number of benzene rings is 1. The number of aromatic hydroxyl groups is 2. The predicted molar refractivity (Wildman–Crippen MR) is 57.8 cm³/mol. The molecule has 0 fully saturated rings. The van der Waals surface area contributed by atoms with Gasteiger partial charge in [-0.25, -0.2) is 22.0 Å². The van der Waals surface area contributed by atoms with E-state index >= 15 is 0 Å². The van der Waals surface area contributed by atoms with Crippen molar-refractivity contribution in [1.29, 1.82) is 0 Å². The van der Waals surface area contributed by atoms with Crippen LogP contribution in [-0.4, -0.2) is 23.4 Å². The second kappa shape index (κ2) is 5.05. The lowest BCUT2D eigenvalue weighted by Crippen LogP contribution is -2.23. The maximum Gasteiger partial charge on any atom is 0.363 e. The third kappa shape index (κ3) is 2.30. The summed E-state index contributed by atoms with van der Waals surface area (Å²) in [6.45, 7) is 0. The number of hydrogen-bond acceptors (Lipinski definition) is 5. The van der Waals surface area contributed by atoms with Crippen molar-refractivity contribution in [3.8, 4) is 11.8 Å². The Balaban J connectivity index is 2.66. The van der Waals surface area contributed by atoms with Gasteiger partial charge < -0.3 is 10.2 Å². The first-order valence-corrected chi connectivity index (χ1v) is 6.54. The first kappa shape index (κ1) is 15.9. The molecule has 2 N–H and O–H groups in total. The Labute approximate surface area is 118 Å². The molecule has 1 aromatic heterocycles. The fraction of sp³-hybridized carbons (Fsp3) is 0. The molecular weight excluding hydrogens is 341 g/mol. The van der Waals surface area contributed by atoms with Gasteiger partial charge in [0.2, 0.25) is 17.6 Å². The zero-order chi connectivity index (χ0) is 16.8. The molecule has 22 heavy (non-hydrogen) atoms. The Kier molecular flexibility index (Phi) is 3.64. The van der Waals surface area contributed by atoms with Gasteiger partial charge in [-0.05, 0) is 0 Å². The predicted octanol–water partition coefficient (Wildman–Crippen LogP) is 1.41. The molecule has 0 atom stereocenters. The topological polar surface area (TPSA) is 88.8 Å². The second-order valence-electron chi connectivity index (χ2n) is 3.77. The molecule has 0 spiro atoms. The molecule has 0 aliphatic carbocycles. The summed E-state index contributed by atoms with van der Waals surface area (Å²) in [5, 5.41) is 18.3. The quantitative estimate of drug-likeness (QED) is 0.499. The molecule has 0 aliphatic heterocycles. The van der Waals surface area contributed by atoms with Crippen LogP contribution in [0.25, 0.3) is 0 Å². The van der Waals surface area contributed by atoms with E-state index in [4.69, 9.17) is 10.2 Å². The van der Waals surface area contributed by atoms with E-state index in [2.05, 4.69) is 4.28 Å². The third-order valence-electron chi connectivity index (χ3n) is 2.39. The summed E-state index contributed by atoms with van der Waals surface area (Å²) < 4.78 is 92.7. The van der Waals surface area contributed by atoms with Crippen LogP contribution in [-0.2, 0) is 10.1 Å². The number of hydrogen-bond donors (Lipinski definition) is 2. The van der Waals surface area contributed by atoms with Crippen LogP contribution in [0.4, 0.5) is 22.0 Å². The van der Waals surface area contributed by atoms with Gasteiger partial charge in [-0.3, -0.25) is 4.28 Å². The minimum atomic E-state index is -5.61. The Morgan fingerprint density at radius 1 is 0.818 bits per heavy atom. The minimum absolute atomic E-state index is 0.201. The van der Waals surface area contributed by atoms with Crippen LogP contribution in [0.2, 0.25) is 0 Å². The van der Waals surface area contributed by atoms with Crippen LogP contribution in [0.3, 0.4) is 0 Å². The summed E-state index contributed by atoms with van der Waals surface area (Å²) >= 11 is 0. The van der Waals surface area contributed by atoms with Crippen molar-refractivity contribution in [3.63, 3.8) is 0 Å². The molecular formula is C10H4F5NO5S. The molecule has 12 heteroatoms. The van der Waals surface area contributed by atoms with E-state index in [-0.39, 0.29) is 4.73 Å². The zero-order valence-corrected chi connectivity index (χ0v) is 10.8. The van der Waals surface area contributed by atoms with Crippen molar-refractivity contribution in [2.45, 2.75) is 4.90 Å². The molecule has 0 saturated heterocycles. The molecule has 0 unspecified atom stereocenters. The van der Waals surface area contributed by atoms with Gasteiger partial charge in [-0.15, -0.1) is 0 Å². The van der Waals surface area contributed by atoms with Crippen molar-refractivity contribution in [2.75, 3.05) is 0 Å². The third-order valence-corrected chi connectivity index (χ3v) is 3.59. The molecule has 120 valence electrons. The van der Waals surface area contributed by atoms with Gasteiger partial charge in [0.05, 0.1) is 0 Å². The van der Waals surface area contributed by atoms with Gasteiger partial charge in [-0.1, -0.05) is 4.73 Å². The Morgan fingerprint density at radius 3 is 1.59 bits per heavy atom. The smallest absolute Gasteiger partial charge is 0.363 e. The zero-order valence-electron chi connectivity index (χ0n) is 10.0. The van der Waals surface area contributed by atoms with E-state index in [0.29, 0.717) is 0 Å². The van der Waals surface area contributed by atoms with Crippen LogP contribution in [0.5, 0.6) is 11.8 Å². The molecule has 0 saturated carbocycles. The van der Waals surface area contributed by atoms with E-state index in [9.17, 15) is 30.4 Å². The molecule has 1 heterocycles. The van der Waals surface area contributed by atoms with Gasteiger partial charge in [0, 0.05) is 12.1 Å². The van der Waals surface area contributed by atoms with Crippen LogP contribution >= 0.6 is 0 Å². The molecule has 0 amide bonds. The lowest BCUT2D eigenvalue weighted by Gasteiger charge is -2.11. The molecule has 0 aliphatic rings. The van der Waals surface area contributed by atoms with Crippen LogP contribution in [0, 0.1) is 29.1 Å². The van der Waals surface area contributed by atoms with E-state index < -0.39 is 55.9 Å². The maximum atomic E-state index is 13.4. The number of rotatable bonds is 3. The van der Waals surface area contributed by atoms with Crippen LogP contribution < -0.4 is 4.28 Å². The summed E-state index contributed by atoms with van der Waals surface area (Å²) in [4.78, 5) is -2.27. The lowest BCUT2D eigenvalue weighted by molar-refractivity contribution is 0.201. The van der Waals surface area contributed by atoms with Crippen molar-refractivity contribution in [3.05, 3.63) is 41.2 Å². The van der Waals surface area contributed by atoms with Gasteiger partial charge in [0.25, 0.3) is 0 Å². The Bertz CT molecular complexity index is 815. The fourth-order valence-electron chi connectivity index (χ4n) is 1.42. The monoisotopic (exact) mass is 345 g/mol. The van der Waals surface area contributed by atoms with Gasteiger partial charge in [-0.2, -0.15) is 8.42 Å². The first-order valence-electron chi connectivity index (χ1n) is 5.14. The summed E-state index contributed by atoms with van der Waals surface area (Å²) in [5.74, 6) is -14.9. The highest BCUT2D eigenvalue weighted by Gasteiger charge is 2.36. The highest BCUT2D eigenvalue weighted by Crippen LogP contribution is 2.28. The Hall–Kier alpha value is -2.50. The molecule has 0 bridgehead atoms. The highest BCUT2D eigenvalue weighted by molar-refractivity contribution is 7.87. The average Bonchev–Trinajstić information content (AvgIpc) is 2.74. The van der Waals surface area contributed by atoms with Crippen LogP contribution in [0.15, 0.2) is 17.0 Å². The molecule has 1 aromatic carbocycles. The number of nitrogens with zero attached hydrogens (tertiary/aromatic N) is 1. The number of halogens is 5.